The zero-order valence-electron chi connectivity index (χ0n) is 9.11. The van der Waals surface area contributed by atoms with E-state index in [1.54, 1.807) is 0 Å². The van der Waals surface area contributed by atoms with E-state index in [1.807, 2.05) is 28.9 Å². The first kappa shape index (κ1) is 11.0. The Morgan fingerprint density at radius 2 is 2.47 bits per heavy atom. The highest BCUT2D eigenvalue weighted by atomic mass is 32.2. The molecule has 2 heterocycles. The van der Waals surface area contributed by atoms with Crippen molar-refractivity contribution in [3.63, 3.8) is 0 Å². The Bertz CT molecular complexity index is 267. The fourth-order valence-corrected chi connectivity index (χ4v) is 3.09. The van der Waals surface area contributed by atoms with Crippen LogP contribution in [-0.2, 0) is 4.79 Å². The lowest BCUT2D eigenvalue weighted by Gasteiger charge is -2.46. The van der Waals surface area contributed by atoms with Gasteiger partial charge in [-0.15, -0.1) is 11.8 Å². The normalized spacial score (nSPS) is 28.9. The minimum atomic E-state index is 0.0665. The zero-order chi connectivity index (χ0) is 10.7. The first-order valence-electron chi connectivity index (χ1n) is 5.68. The van der Waals surface area contributed by atoms with Crippen LogP contribution in [0.4, 0.5) is 0 Å². The maximum atomic E-state index is 11.7. The van der Waals surface area contributed by atoms with Crippen molar-refractivity contribution in [3.05, 3.63) is 12.3 Å². The fourth-order valence-electron chi connectivity index (χ4n) is 1.95. The number of amides is 1. The first-order valence-corrected chi connectivity index (χ1v) is 6.73. The fraction of sp³-hybridized carbons (Fsp3) is 0.727. The van der Waals surface area contributed by atoms with E-state index in [2.05, 4.69) is 12.2 Å². The smallest absolute Gasteiger partial charge is 0.247 e. The summed E-state index contributed by atoms with van der Waals surface area (Å²) in [6, 6.07) is 0.0665. The summed E-state index contributed by atoms with van der Waals surface area (Å²) in [5.74, 6) is 1.27. The van der Waals surface area contributed by atoms with Gasteiger partial charge in [0.25, 0.3) is 0 Å². The van der Waals surface area contributed by atoms with Gasteiger partial charge in [0, 0.05) is 12.0 Å². The molecule has 0 aliphatic carbocycles. The molecule has 1 saturated heterocycles. The van der Waals surface area contributed by atoms with Gasteiger partial charge < -0.3 is 10.2 Å². The van der Waals surface area contributed by atoms with Crippen molar-refractivity contribution in [2.24, 2.45) is 0 Å². The SMILES string of the molecule is CCCCCN[C@@H]1C(=O)N2C=CCS[C@@H]12. The zero-order valence-corrected chi connectivity index (χ0v) is 9.93. The van der Waals surface area contributed by atoms with Crippen LogP contribution in [0.3, 0.4) is 0 Å². The Morgan fingerprint density at radius 3 is 3.27 bits per heavy atom. The molecule has 3 nitrogen and oxygen atoms in total. The standard InChI is InChI=1S/C11H18N2OS/c1-2-3-4-6-12-9-10(14)13-7-5-8-15-11(9)13/h5,7,9,11-12H,2-4,6,8H2,1H3/t9-,11+/m1/s1. The third-order valence-electron chi connectivity index (χ3n) is 2.85. The highest BCUT2D eigenvalue weighted by molar-refractivity contribution is 8.00. The Morgan fingerprint density at radius 1 is 1.60 bits per heavy atom. The summed E-state index contributed by atoms with van der Waals surface area (Å²) in [6.45, 7) is 3.16. The molecule has 0 radical (unpaired) electrons. The minimum Gasteiger partial charge on any atom is -0.303 e. The maximum Gasteiger partial charge on any atom is 0.247 e. The molecule has 4 heteroatoms. The number of carbonyl (C=O) groups excluding carboxylic acids is 1. The Kier molecular flexibility index (Phi) is 3.70. The van der Waals surface area contributed by atoms with Crippen molar-refractivity contribution in [3.8, 4) is 0 Å². The largest absolute Gasteiger partial charge is 0.303 e. The van der Waals surface area contributed by atoms with E-state index in [0.29, 0.717) is 5.37 Å². The second kappa shape index (κ2) is 5.03. The summed E-state index contributed by atoms with van der Waals surface area (Å²) in [5, 5.41) is 3.71. The highest BCUT2D eigenvalue weighted by Crippen LogP contribution is 2.33. The first-order chi connectivity index (χ1) is 7.34. The molecular weight excluding hydrogens is 208 g/mol. The molecule has 2 aliphatic heterocycles. The summed E-state index contributed by atoms with van der Waals surface area (Å²) >= 11 is 1.84. The number of thioether (sulfide) groups is 1. The molecule has 0 aromatic carbocycles. The molecule has 0 aromatic heterocycles. The Hall–Kier alpha value is -0.480. The van der Waals surface area contributed by atoms with Gasteiger partial charge in [-0.1, -0.05) is 25.8 Å². The average Bonchev–Trinajstić information content (AvgIpc) is 2.28. The van der Waals surface area contributed by atoms with E-state index >= 15 is 0 Å². The molecule has 15 heavy (non-hydrogen) atoms. The highest BCUT2D eigenvalue weighted by Gasteiger charge is 2.46. The molecule has 2 rings (SSSR count). The van der Waals surface area contributed by atoms with Crippen molar-refractivity contribution in [2.75, 3.05) is 12.3 Å². The summed E-state index contributed by atoms with van der Waals surface area (Å²) in [5.41, 5.74) is 0. The lowest BCUT2D eigenvalue weighted by molar-refractivity contribution is -0.141. The molecule has 0 aromatic rings. The Labute approximate surface area is 95.3 Å². The van der Waals surface area contributed by atoms with Crippen molar-refractivity contribution >= 4 is 17.7 Å². The molecule has 2 aliphatic rings. The minimum absolute atomic E-state index is 0.0665. The van der Waals surface area contributed by atoms with Gasteiger partial charge in [-0.05, 0) is 13.0 Å². The van der Waals surface area contributed by atoms with Gasteiger partial charge in [0.05, 0.1) is 0 Å². The molecule has 0 bridgehead atoms. The van der Waals surface area contributed by atoms with Gasteiger partial charge in [-0.2, -0.15) is 0 Å². The number of β-lactam (4-membered cyclic amide) rings is 1. The number of fused-ring (bicyclic) bond motifs is 1. The Balaban J connectivity index is 1.75. The van der Waals surface area contributed by atoms with E-state index < -0.39 is 0 Å². The third-order valence-corrected chi connectivity index (χ3v) is 4.08. The van der Waals surface area contributed by atoms with E-state index in [9.17, 15) is 4.79 Å². The van der Waals surface area contributed by atoms with Crippen LogP contribution in [0.1, 0.15) is 26.2 Å². The van der Waals surface area contributed by atoms with Gasteiger partial charge in [0.15, 0.2) is 0 Å². The van der Waals surface area contributed by atoms with Crippen LogP contribution >= 0.6 is 11.8 Å². The second-order valence-electron chi connectivity index (χ2n) is 3.99. The van der Waals surface area contributed by atoms with Gasteiger partial charge >= 0.3 is 0 Å². The predicted octanol–water partition coefficient (Wildman–Crippen LogP) is 1.56. The number of rotatable bonds is 5. The van der Waals surface area contributed by atoms with Gasteiger partial charge in [0.2, 0.25) is 5.91 Å². The van der Waals surface area contributed by atoms with Crippen molar-refractivity contribution in [2.45, 2.75) is 37.6 Å². The average molecular weight is 226 g/mol. The maximum absolute atomic E-state index is 11.7. The number of hydrogen-bond acceptors (Lipinski definition) is 3. The van der Waals surface area contributed by atoms with E-state index in [-0.39, 0.29) is 11.9 Å². The lowest BCUT2D eigenvalue weighted by atomic mass is 10.1. The van der Waals surface area contributed by atoms with Crippen molar-refractivity contribution < 1.29 is 4.79 Å². The van der Waals surface area contributed by atoms with E-state index in [4.69, 9.17) is 0 Å². The van der Waals surface area contributed by atoms with Crippen LogP contribution < -0.4 is 5.32 Å². The second-order valence-corrected chi connectivity index (χ2v) is 5.14. The van der Waals surface area contributed by atoms with Gasteiger partial charge in [-0.3, -0.25) is 4.79 Å². The number of unbranched alkanes of at least 4 members (excludes halogenated alkanes) is 2. The molecule has 0 saturated carbocycles. The van der Waals surface area contributed by atoms with Gasteiger partial charge in [0.1, 0.15) is 11.4 Å². The molecule has 0 unspecified atom stereocenters. The number of hydrogen-bond donors (Lipinski definition) is 1. The van der Waals surface area contributed by atoms with E-state index in [0.717, 1.165) is 12.3 Å². The molecule has 2 atom stereocenters. The number of nitrogens with zero attached hydrogens (tertiary/aromatic N) is 1. The summed E-state index contributed by atoms with van der Waals surface area (Å²) in [4.78, 5) is 13.5. The summed E-state index contributed by atoms with van der Waals surface area (Å²) in [6.07, 6.45) is 7.62. The molecule has 84 valence electrons. The summed E-state index contributed by atoms with van der Waals surface area (Å²) < 4.78 is 0. The van der Waals surface area contributed by atoms with Gasteiger partial charge in [-0.25, -0.2) is 0 Å². The molecule has 1 N–H and O–H groups in total. The quantitative estimate of drug-likeness (QED) is 0.570. The van der Waals surface area contributed by atoms with Crippen molar-refractivity contribution in [1.82, 2.24) is 10.2 Å². The van der Waals surface area contributed by atoms with Crippen LogP contribution in [0.5, 0.6) is 0 Å². The monoisotopic (exact) mass is 226 g/mol. The topological polar surface area (TPSA) is 32.3 Å². The predicted molar refractivity (Wildman–Crippen MR) is 63.5 cm³/mol. The molecule has 1 amide bonds. The molecular formula is C11H18N2OS. The lowest BCUT2D eigenvalue weighted by Crippen LogP contribution is -2.67. The van der Waals surface area contributed by atoms with Crippen LogP contribution in [0.15, 0.2) is 12.3 Å². The summed E-state index contributed by atoms with van der Waals surface area (Å²) in [7, 11) is 0. The van der Waals surface area contributed by atoms with Crippen LogP contribution in [0.25, 0.3) is 0 Å². The molecule has 0 spiro atoms. The number of carbonyl (C=O) groups is 1. The molecule has 1 fully saturated rings. The van der Waals surface area contributed by atoms with Crippen molar-refractivity contribution in [1.29, 1.82) is 0 Å². The number of nitrogens with one attached hydrogen (secondary N) is 1. The third kappa shape index (κ3) is 2.21. The van der Waals surface area contributed by atoms with Crippen LogP contribution in [-0.4, -0.2) is 34.5 Å². The van der Waals surface area contributed by atoms with Crippen LogP contribution in [0.2, 0.25) is 0 Å². The van der Waals surface area contributed by atoms with Crippen LogP contribution in [0, 0.1) is 0 Å². The van der Waals surface area contributed by atoms with E-state index in [1.165, 1.54) is 19.3 Å².